The zero-order valence-electron chi connectivity index (χ0n) is 12.2. The highest BCUT2D eigenvalue weighted by Crippen LogP contribution is 2.25. The summed E-state index contributed by atoms with van der Waals surface area (Å²) in [6.07, 6.45) is -0.783. The Morgan fingerprint density at radius 2 is 1.76 bits per heavy atom. The Balaban J connectivity index is 2.13. The third-order valence-electron chi connectivity index (χ3n) is 3.71. The van der Waals surface area contributed by atoms with Gasteiger partial charge in [0.25, 0.3) is 6.43 Å². The number of nitrogens with two attached hydrogens (primary N) is 1. The molecular weight excluding hydrogens is 274 g/mol. The number of alkyl halides is 2. The third-order valence-corrected chi connectivity index (χ3v) is 3.71. The van der Waals surface area contributed by atoms with Gasteiger partial charge >= 0.3 is 0 Å². The minimum absolute atomic E-state index is 0.0222. The molecule has 21 heavy (non-hydrogen) atoms. The zero-order chi connectivity index (χ0) is 15.4. The lowest BCUT2D eigenvalue weighted by Crippen LogP contribution is -2.30. The molecule has 0 bridgehead atoms. The van der Waals surface area contributed by atoms with E-state index in [1.54, 1.807) is 18.4 Å². The number of hydrogen-bond acceptors (Lipinski definition) is 3. The minimum Gasteiger partial charge on any atom is -0.469 e. The maximum atomic E-state index is 12.6. The lowest BCUT2D eigenvalue weighted by molar-refractivity contribution is 0.151. The lowest BCUT2D eigenvalue weighted by Gasteiger charge is -2.27. The summed E-state index contributed by atoms with van der Waals surface area (Å²) in [6.45, 7) is 3.03. The monoisotopic (exact) mass is 294 g/mol. The fourth-order valence-corrected chi connectivity index (χ4v) is 2.39. The van der Waals surface area contributed by atoms with Gasteiger partial charge in [-0.3, -0.25) is 4.90 Å². The standard InChI is InChI=1S/C16H20F2N2O/c1-11-14(7-8-21-11)10-20(2)15(9-19)12-3-5-13(6-4-12)16(17)18/h3-8,15-16H,9-10,19H2,1-2H3. The summed E-state index contributed by atoms with van der Waals surface area (Å²) < 4.78 is 30.5. The van der Waals surface area contributed by atoms with Crippen LogP contribution < -0.4 is 5.73 Å². The van der Waals surface area contributed by atoms with Crippen LogP contribution in [-0.2, 0) is 6.54 Å². The van der Waals surface area contributed by atoms with Gasteiger partial charge in [-0.15, -0.1) is 0 Å². The van der Waals surface area contributed by atoms with E-state index in [-0.39, 0.29) is 11.6 Å². The Morgan fingerprint density at radius 1 is 1.14 bits per heavy atom. The van der Waals surface area contributed by atoms with Gasteiger partial charge < -0.3 is 10.2 Å². The van der Waals surface area contributed by atoms with E-state index in [0.717, 1.165) is 16.9 Å². The van der Waals surface area contributed by atoms with Crippen molar-refractivity contribution in [3.63, 3.8) is 0 Å². The molecule has 0 radical (unpaired) electrons. The van der Waals surface area contributed by atoms with Crippen molar-refractivity contribution in [2.75, 3.05) is 13.6 Å². The molecule has 1 heterocycles. The van der Waals surface area contributed by atoms with Gasteiger partial charge in [0.15, 0.2) is 0 Å². The number of benzene rings is 1. The molecular formula is C16H20F2N2O. The number of likely N-dealkylation sites (N-methyl/N-ethyl adjacent to an activating group) is 1. The molecule has 0 saturated carbocycles. The molecule has 0 spiro atoms. The van der Waals surface area contributed by atoms with Crippen LogP contribution in [0.15, 0.2) is 41.0 Å². The SMILES string of the molecule is Cc1occc1CN(C)C(CN)c1ccc(C(F)F)cc1. The number of hydrogen-bond donors (Lipinski definition) is 1. The molecule has 0 aliphatic heterocycles. The molecule has 3 nitrogen and oxygen atoms in total. The summed E-state index contributed by atoms with van der Waals surface area (Å²) in [6, 6.07) is 8.26. The number of nitrogens with zero attached hydrogens (tertiary/aromatic N) is 1. The smallest absolute Gasteiger partial charge is 0.263 e. The van der Waals surface area contributed by atoms with Crippen molar-refractivity contribution in [1.82, 2.24) is 4.90 Å². The van der Waals surface area contributed by atoms with Crippen molar-refractivity contribution in [1.29, 1.82) is 0 Å². The molecule has 2 rings (SSSR count). The van der Waals surface area contributed by atoms with E-state index in [1.165, 1.54) is 12.1 Å². The number of halogens is 2. The van der Waals surface area contributed by atoms with Gasteiger partial charge in [-0.2, -0.15) is 0 Å². The second-order valence-electron chi connectivity index (χ2n) is 5.14. The average molecular weight is 294 g/mol. The van der Waals surface area contributed by atoms with Crippen LogP contribution in [0.1, 0.15) is 34.9 Å². The first-order chi connectivity index (χ1) is 10.0. The Bertz CT molecular complexity index is 566. The van der Waals surface area contributed by atoms with E-state index in [9.17, 15) is 8.78 Å². The molecule has 0 aliphatic carbocycles. The molecule has 0 fully saturated rings. The second-order valence-corrected chi connectivity index (χ2v) is 5.14. The first-order valence-electron chi connectivity index (χ1n) is 6.84. The predicted octanol–water partition coefficient (Wildman–Crippen LogP) is 3.66. The summed E-state index contributed by atoms with van der Waals surface area (Å²) in [5.41, 5.74) is 7.92. The van der Waals surface area contributed by atoms with E-state index in [4.69, 9.17) is 10.2 Å². The van der Waals surface area contributed by atoms with Crippen molar-refractivity contribution < 1.29 is 13.2 Å². The number of furan rings is 1. The first-order valence-corrected chi connectivity index (χ1v) is 6.84. The maximum Gasteiger partial charge on any atom is 0.263 e. The van der Waals surface area contributed by atoms with Crippen LogP contribution in [0.3, 0.4) is 0 Å². The van der Waals surface area contributed by atoms with Crippen LogP contribution in [-0.4, -0.2) is 18.5 Å². The van der Waals surface area contributed by atoms with Gasteiger partial charge in [0, 0.05) is 30.3 Å². The van der Waals surface area contributed by atoms with Gasteiger partial charge in [0.2, 0.25) is 0 Å². The Morgan fingerprint density at radius 3 is 2.24 bits per heavy atom. The molecule has 1 atom stereocenters. The molecule has 0 amide bonds. The summed E-state index contributed by atoms with van der Waals surface area (Å²) in [4.78, 5) is 2.09. The van der Waals surface area contributed by atoms with Gasteiger partial charge in [0.1, 0.15) is 5.76 Å². The molecule has 2 aromatic rings. The van der Waals surface area contributed by atoms with Crippen LogP contribution in [0.5, 0.6) is 0 Å². The highest BCUT2D eigenvalue weighted by molar-refractivity contribution is 5.26. The molecule has 5 heteroatoms. The van der Waals surface area contributed by atoms with Crippen molar-refractivity contribution in [3.05, 3.63) is 59.0 Å². The maximum absolute atomic E-state index is 12.6. The van der Waals surface area contributed by atoms with Crippen molar-refractivity contribution in [2.45, 2.75) is 25.9 Å². The molecule has 1 aromatic heterocycles. The topological polar surface area (TPSA) is 42.4 Å². The summed E-state index contributed by atoms with van der Waals surface area (Å²) in [5, 5.41) is 0. The van der Waals surface area contributed by atoms with E-state index in [0.29, 0.717) is 13.1 Å². The third kappa shape index (κ3) is 3.68. The van der Waals surface area contributed by atoms with E-state index in [1.807, 2.05) is 20.0 Å². The van der Waals surface area contributed by atoms with Crippen LogP contribution in [0.4, 0.5) is 8.78 Å². The Labute approximate surface area is 123 Å². The average Bonchev–Trinajstić information content (AvgIpc) is 2.85. The minimum atomic E-state index is -2.44. The molecule has 0 saturated heterocycles. The molecule has 0 aliphatic rings. The predicted molar refractivity (Wildman–Crippen MR) is 78.1 cm³/mol. The highest BCUT2D eigenvalue weighted by Gasteiger charge is 2.17. The van der Waals surface area contributed by atoms with E-state index >= 15 is 0 Å². The Kier molecular flexibility index (Phi) is 5.09. The molecule has 1 aromatic carbocycles. The van der Waals surface area contributed by atoms with Crippen LogP contribution in [0.2, 0.25) is 0 Å². The Hall–Kier alpha value is -1.72. The van der Waals surface area contributed by atoms with Gasteiger partial charge in [0.05, 0.1) is 6.26 Å². The summed E-state index contributed by atoms with van der Waals surface area (Å²) in [5.74, 6) is 0.880. The normalized spacial score (nSPS) is 13.1. The highest BCUT2D eigenvalue weighted by atomic mass is 19.3. The zero-order valence-corrected chi connectivity index (χ0v) is 12.2. The fraction of sp³-hybridized carbons (Fsp3) is 0.375. The van der Waals surface area contributed by atoms with Gasteiger partial charge in [-0.05, 0) is 25.6 Å². The fourth-order valence-electron chi connectivity index (χ4n) is 2.39. The lowest BCUT2D eigenvalue weighted by atomic mass is 10.0. The van der Waals surface area contributed by atoms with E-state index < -0.39 is 6.43 Å². The number of aryl methyl sites for hydroxylation is 1. The summed E-state index contributed by atoms with van der Waals surface area (Å²) in [7, 11) is 1.96. The van der Waals surface area contributed by atoms with Crippen molar-refractivity contribution in [3.8, 4) is 0 Å². The van der Waals surface area contributed by atoms with Crippen LogP contribution in [0, 0.1) is 6.92 Å². The van der Waals surface area contributed by atoms with Gasteiger partial charge in [-0.25, -0.2) is 8.78 Å². The van der Waals surface area contributed by atoms with E-state index in [2.05, 4.69) is 4.90 Å². The van der Waals surface area contributed by atoms with Crippen LogP contribution in [0.25, 0.3) is 0 Å². The molecule has 1 unspecified atom stereocenters. The van der Waals surface area contributed by atoms with Crippen molar-refractivity contribution >= 4 is 0 Å². The van der Waals surface area contributed by atoms with Gasteiger partial charge in [-0.1, -0.05) is 24.3 Å². The second kappa shape index (κ2) is 6.83. The molecule has 114 valence electrons. The number of rotatable bonds is 6. The first kappa shape index (κ1) is 15.7. The summed E-state index contributed by atoms with van der Waals surface area (Å²) >= 11 is 0. The van der Waals surface area contributed by atoms with Crippen molar-refractivity contribution in [2.24, 2.45) is 5.73 Å². The van der Waals surface area contributed by atoms with Crippen LogP contribution >= 0.6 is 0 Å². The largest absolute Gasteiger partial charge is 0.469 e. The quantitative estimate of drug-likeness (QED) is 0.884. The molecule has 2 N–H and O–H groups in total.